The van der Waals surface area contributed by atoms with Crippen molar-refractivity contribution in [2.45, 2.75) is 28.9 Å². The zero-order valence-electron chi connectivity index (χ0n) is 17.7. The summed E-state index contributed by atoms with van der Waals surface area (Å²) in [6, 6.07) is 8.64. The minimum atomic E-state index is -1.86. The van der Waals surface area contributed by atoms with E-state index in [9.17, 15) is 18.3 Å². The van der Waals surface area contributed by atoms with Gasteiger partial charge < -0.3 is 9.52 Å². The Morgan fingerprint density at radius 2 is 1.80 bits per heavy atom. The molecule has 0 saturated carbocycles. The maximum absolute atomic E-state index is 14.6. The summed E-state index contributed by atoms with van der Waals surface area (Å²) in [4.78, 5) is 3.83. The molecule has 5 aromatic rings. The Morgan fingerprint density at radius 3 is 2.57 bits per heavy atom. The van der Waals surface area contributed by atoms with Gasteiger partial charge in [0.25, 0.3) is 5.22 Å². The highest BCUT2D eigenvalue weighted by atomic mass is 32.2. The van der Waals surface area contributed by atoms with Crippen molar-refractivity contribution in [3.8, 4) is 11.5 Å². The van der Waals surface area contributed by atoms with Crippen LogP contribution in [0.1, 0.15) is 5.56 Å². The van der Waals surface area contributed by atoms with E-state index in [-0.39, 0.29) is 29.8 Å². The van der Waals surface area contributed by atoms with Gasteiger partial charge in [-0.05, 0) is 36.0 Å². The minimum absolute atomic E-state index is 0.133. The Morgan fingerprint density at radius 1 is 0.971 bits per heavy atom. The van der Waals surface area contributed by atoms with Crippen molar-refractivity contribution in [3.05, 3.63) is 84.3 Å². The molecule has 0 radical (unpaired) electrons. The van der Waals surface area contributed by atoms with Gasteiger partial charge in [-0.25, -0.2) is 27.5 Å². The van der Waals surface area contributed by atoms with E-state index >= 15 is 0 Å². The van der Waals surface area contributed by atoms with Crippen molar-refractivity contribution in [3.63, 3.8) is 0 Å². The van der Waals surface area contributed by atoms with Crippen LogP contribution < -0.4 is 0 Å². The van der Waals surface area contributed by atoms with Gasteiger partial charge in [-0.2, -0.15) is 5.10 Å². The molecule has 10 nitrogen and oxygen atoms in total. The molecule has 1 unspecified atom stereocenters. The van der Waals surface area contributed by atoms with Gasteiger partial charge >= 0.3 is 0 Å². The van der Waals surface area contributed by atoms with E-state index in [4.69, 9.17) is 4.42 Å². The Balaban J connectivity index is 1.36. The summed E-state index contributed by atoms with van der Waals surface area (Å²) in [6.45, 7) is -0.417. The van der Waals surface area contributed by atoms with Gasteiger partial charge in [0.15, 0.2) is 0 Å². The quantitative estimate of drug-likeness (QED) is 0.343. The summed E-state index contributed by atoms with van der Waals surface area (Å²) in [7, 11) is 0. The lowest BCUT2D eigenvalue weighted by Gasteiger charge is -2.28. The zero-order valence-corrected chi connectivity index (χ0v) is 18.5. The van der Waals surface area contributed by atoms with Crippen LogP contribution in [0.15, 0.2) is 76.0 Å². The summed E-state index contributed by atoms with van der Waals surface area (Å²) in [5.74, 6) is -1.99. The van der Waals surface area contributed by atoms with Crippen molar-refractivity contribution < 1.29 is 22.7 Å². The number of aliphatic hydroxyl groups is 1. The molecule has 0 aliphatic carbocycles. The first kappa shape index (κ1) is 22.7. The molecule has 0 saturated heterocycles. The van der Waals surface area contributed by atoms with Gasteiger partial charge in [-0.15, -0.1) is 15.3 Å². The Bertz CT molecular complexity index is 1460. The third kappa shape index (κ3) is 5.07. The lowest BCUT2D eigenvalue weighted by molar-refractivity contribution is -0.00893. The van der Waals surface area contributed by atoms with E-state index in [0.29, 0.717) is 16.7 Å². The van der Waals surface area contributed by atoms with E-state index in [1.807, 2.05) is 0 Å². The number of aromatic nitrogens is 8. The van der Waals surface area contributed by atoms with Crippen LogP contribution in [0.4, 0.5) is 13.2 Å². The van der Waals surface area contributed by atoms with Gasteiger partial charge in [0, 0.05) is 17.2 Å². The first-order valence-electron chi connectivity index (χ1n) is 10.1. The van der Waals surface area contributed by atoms with E-state index in [1.54, 1.807) is 6.07 Å². The third-order valence-electron chi connectivity index (χ3n) is 4.93. The highest BCUT2D eigenvalue weighted by molar-refractivity contribution is 7.99. The Hall–Kier alpha value is -4.04. The highest BCUT2D eigenvalue weighted by Crippen LogP contribution is 2.31. The van der Waals surface area contributed by atoms with Crippen LogP contribution in [0.2, 0.25) is 0 Å². The van der Waals surface area contributed by atoms with Crippen LogP contribution in [0.3, 0.4) is 0 Å². The molecule has 178 valence electrons. The monoisotopic (exact) mass is 500 g/mol. The molecule has 5 rings (SSSR count). The first-order chi connectivity index (χ1) is 16.9. The minimum Gasteiger partial charge on any atom is -0.411 e. The average Bonchev–Trinajstić information content (AvgIpc) is 3.57. The normalized spacial score (nSPS) is 13.1. The second kappa shape index (κ2) is 9.31. The van der Waals surface area contributed by atoms with Crippen LogP contribution in [0, 0.1) is 17.5 Å². The summed E-state index contributed by atoms with van der Waals surface area (Å²) < 4.78 is 49.7. The summed E-state index contributed by atoms with van der Waals surface area (Å²) in [6.07, 6.45) is 4.12. The largest absolute Gasteiger partial charge is 0.411 e. The molecule has 14 heteroatoms. The van der Waals surface area contributed by atoms with E-state index in [1.165, 1.54) is 52.5 Å². The molecular formula is C21H15F3N8O2S. The van der Waals surface area contributed by atoms with Gasteiger partial charge in [-0.3, -0.25) is 0 Å². The molecule has 3 heterocycles. The average molecular weight is 500 g/mol. The summed E-state index contributed by atoms with van der Waals surface area (Å²) in [5.41, 5.74) is -1.58. The smallest absolute Gasteiger partial charge is 0.283 e. The Labute approximate surface area is 199 Å². The molecule has 1 atom stereocenters. The van der Waals surface area contributed by atoms with Crippen molar-refractivity contribution >= 4 is 11.8 Å². The third-order valence-corrected chi connectivity index (χ3v) is 5.67. The highest BCUT2D eigenvalue weighted by Gasteiger charge is 2.35. The molecule has 0 spiro atoms. The van der Waals surface area contributed by atoms with Gasteiger partial charge in [0.2, 0.25) is 5.89 Å². The molecule has 0 aliphatic rings. The fraction of sp³-hybridized carbons (Fsp3) is 0.143. The van der Waals surface area contributed by atoms with Gasteiger partial charge in [-0.1, -0.05) is 17.3 Å². The lowest BCUT2D eigenvalue weighted by atomic mass is 9.93. The molecule has 0 fully saturated rings. The van der Waals surface area contributed by atoms with Crippen LogP contribution in [0.5, 0.6) is 0 Å². The van der Waals surface area contributed by atoms with Crippen molar-refractivity contribution in [2.24, 2.45) is 0 Å². The number of rotatable bonds is 8. The molecule has 0 bridgehead atoms. The molecular weight excluding hydrogens is 485 g/mol. The number of hydrogen-bond donors (Lipinski definition) is 1. The van der Waals surface area contributed by atoms with Crippen molar-refractivity contribution in [1.82, 2.24) is 40.0 Å². The topological polar surface area (TPSA) is 121 Å². The maximum Gasteiger partial charge on any atom is 0.283 e. The fourth-order valence-electron chi connectivity index (χ4n) is 3.42. The van der Waals surface area contributed by atoms with Gasteiger partial charge in [0.1, 0.15) is 40.7 Å². The van der Waals surface area contributed by atoms with E-state index < -0.39 is 23.1 Å². The molecule has 2 aromatic carbocycles. The van der Waals surface area contributed by atoms with Crippen molar-refractivity contribution in [2.75, 3.05) is 0 Å². The molecule has 1 N–H and O–H groups in total. The van der Waals surface area contributed by atoms with Crippen LogP contribution in [-0.4, -0.2) is 45.1 Å². The molecule has 0 aliphatic heterocycles. The second-order valence-electron chi connectivity index (χ2n) is 7.49. The van der Waals surface area contributed by atoms with Gasteiger partial charge in [0.05, 0.1) is 19.3 Å². The number of benzene rings is 2. The number of hydrogen-bond acceptors (Lipinski definition) is 9. The van der Waals surface area contributed by atoms with E-state index in [2.05, 4.69) is 30.6 Å². The number of halogens is 3. The maximum atomic E-state index is 14.6. The first-order valence-corrected chi connectivity index (χ1v) is 10.9. The van der Waals surface area contributed by atoms with Crippen LogP contribution in [0.25, 0.3) is 11.5 Å². The predicted molar refractivity (Wildman–Crippen MR) is 114 cm³/mol. The zero-order chi connectivity index (χ0) is 24.4. The molecule has 0 amide bonds. The van der Waals surface area contributed by atoms with E-state index in [0.717, 1.165) is 17.8 Å². The SMILES string of the molecule is OC(Cn1cncn1)(Cn1cc(Sc2nnc(-c3cccc(F)c3)o2)nn1)c1ccc(F)cc1F. The lowest BCUT2D eigenvalue weighted by Crippen LogP contribution is -2.37. The second-order valence-corrected chi connectivity index (χ2v) is 8.46. The summed E-state index contributed by atoms with van der Waals surface area (Å²) >= 11 is 0.999. The Kier molecular flexibility index (Phi) is 6.05. The predicted octanol–water partition coefficient (Wildman–Crippen LogP) is 3.08. The van der Waals surface area contributed by atoms with Crippen molar-refractivity contribution in [1.29, 1.82) is 0 Å². The standard InChI is InChI=1S/C21H15F3N8O2S/c22-14-3-1-2-13(6-14)19-28-29-20(34-19)35-18-8-31(30-27-18)9-21(33,10-32-12-25-11-26-32)16-5-4-15(23)7-17(16)24/h1-8,11-12,33H,9-10H2. The van der Waals surface area contributed by atoms with Crippen LogP contribution >= 0.6 is 11.8 Å². The number of nitrogens with zero attached hydrogens (tertiary/aromatic N) is 8. The molecule has 3 aromatic heterocycles. The molecule has 35 heavy (non-hydrogen) atoms. The fourth-order valence-corrected chi connectivity index (χ4v) is 4.05. The van der Waals surface area contributed by atoms with Crippen LogP contribution in [-0.2, 0) is 18.7 Å². The summed E-state index contributed by atoms with van der Waals surface area (Å²) in [5, 5.41) is 31.7.